The maximum Gasteiger partial charge on any atom is 0.315 e. The molecule has 1 aliphatic rings. The Morgan fingerprint density at radius 1 is 0.750 bits per heavy atom. The van der Waals surface area contributed by atoms with Crippen molar-refractivity contribution in [2.45, 2.75) is 128 Å². The minimum Gasteiger partial charge on any atom is -0.540 e. The van der Waals surface area contributed by atoms with Gasteiger partial charge in [0.2, 0.25) is 0 Å². The Bertz CT molecular complexity index is 1230. The number of carbonyl (C=O) groups is 1. The van der Waals surface area contributed by atoms with E-state index < -0.39 is 34.6 Å². The van der Waals surface area contributed by atoms with Crippen LogP contribution < -0.4 is 18.3 Å². The number of para-hydroxylation sites is 1. The molecule has 3 rings (SSSR count). The van der Waals surface area contributed by atoms with E-state index in [0.29, 0.717) is 56.1 Å². The summed E-state index contributed by atoms with van der Waals surface area (Å²) in [6, 6.07) is 11.3. The number of benzene rings is 2. The van der Waals surface area contributed by atoms with Gasteiger partial charge >= 0.3 is 5.97 Å². The second kappa shape index (κ2) is 14.3. The Morgan fingerprint density at radius 2 is 1.25 bits per heavy atom. The molecular weight excluding hydrogens is 589 g/mol. The second-order valence-corrected chi connectivity index (χ2v) is 24.9. The van der Waals surface area contributed by atoms with Crippen LogP contribution in [0.15, 0.2) is 36.4 Å². The fraction of sp³-hybridized carbons (Fsp3) is 0.629. The lowest BCUT2D eigenvalue weighted by Gasteiger charge is -2.45. The van der Waals surface area contributed by atoms with Crippen molar-refractivity contribution in [3.8, 4) is 23.0 Å². The molecule has 9 heteroatoms. The monoisotopic (exact) mass is 644 g/mol. The molecule has 0 aliphatic carbocycles. The summed E-state index contributed by atoms with van der Waals surface area (Å²) in [4.78, 5) is 12.7. The Labute approximate surface area is 267 Å². The van der Waals surface area contributed by atoms with Gasteiger partial charge in [0.1, 0.15) is 23.5 Å². The van der Waals surface area contributed by atoms with E-state index in [1.54, 1.807) is 25.3 Å². The van der Waals surface area contributed by atoms with E-state index >= 15 is 0 Å². The number of rotatable bonds is 15. The number of ether oxygens (including phenoxy) is 3. The third-order valence-electron chi connectivity index (χ3n) is 9.77. The van der Waals surface area contributed by atoms with Crippen LogP contribution in [-0.2, 0) is 9.53 Å². The van der Waals surface area contributed by atoms with Crippen LogP contribution in [0.4, 0.5) is 0 Å². The molecule has 0 saturated carbocycles. The quantitative estimate of drug-likeness (QED) is 0.153. The summed E-state index contributed by atoms with van der Waals surface area (Å²) in [5.74, 6) is 0.480. The molecule has 0 saturated heterocycles. The zero-order chi connectivity index (χ0) is 33.1. The Balaban J connectivity index is 2.24. The number of carboxylic acid groups (broad SMARTS) is 1. The standard InChI is InChI=1S/C35H56O7Si2/c1-21(2)43(22(3)4,23(5)6)41-29-18-17-27(19-31(29)42-44(24(7)8,25(9)10)26(11)12)33-32(35(36)37)28-15-14-16-30(34(28)40-33)39-20-38-13/h14-19,21-26,32-33H,20H2,1-13H3,(H,36,37)/t32-,33-/m1/s1. The van der Waals surface area contributed by atoms with Gasteiger partial charge in [0, 0.05) is 12.7 Å². The molecule has 0 spiro atoms. The number of hydrogen-bond acceptors (Lipinski definition) is 6. The number of fused-ring (bicyclic) bond motifs is 1. The average molecular weight is 645 g/mol. The summed E-state index contributed by atoms with van der Waals surface area (Å²) >= 11 is 0. The van der Waals surface area contributed by atoms with Crippen LogP contribution in [0.25, 0.3) is 0 Å². The van der Waals surface area contributed by atoms with E-state index in [4.69, 9.17) is 23.1 Å². The van der Waals surface area contributed by atoms with Gasteiger partial charge in [-0.25, -0.2) is 0 Å². The predicted molar refractivity (Wildman–Crippen MR) is 182 cm³/mol. The van der Waals surface area contributed by atoms with Crippen molar-refractivity contribution in [1.29, 1.82) is 0 Å². The predicted octanol–water partition coefficient (Wildman–Crippen LogP) is 10.1. The smallest absolute Gasteiger partial charge is 0.315 e. The number of hydrogen-bond donors (Lipinski definition) is 1. The molecule has 2 aromatic carbocycles. The third-order valence-corrected chi connectivity index (χ3v) is 21.7. The molecule has 0 aromatic heterocycles. The average Bonchev–Trinajstić information content (AvgIpc) is 3.33. The Hall–Kier alpha value is -2.50. The van der Waals surface area contributed by atoms with Crippen LogP contribution in [0.2, 0.25) is 33.2 Å². The van der Waals surface area contributed by atoms with Crippen LogP contribution in [0, 0.1) is 0 Å². The fourth-order valence-electron chi connectivity index (χ4n) is 7.97. The van der Waals surface area contributed by atoms with Gasteiger partial charge in [0.15, 0.2) is 18.3 Å². The van der Waals surface area contributed by atoms with Gasteiger partial charge in [-0.2, -0.15) is 0 Å². The highest BCUT2D eigenvalue weighted by molar-refractivity contribution is 6.79. The minimum absolute atomic E-state index is 0.0335. The first kappa shape index (κ1) is 36.0. The van der Waals surface area contributed by atoms with Gasteiger partial charge in [-0.15, -0.1) is 0 Å². The number of aliphatic carboxylic acids is 1. The first-order valence-corrected chi connectivity index (χ1v) is 20.5. The highest BCUT2D eigenvalue weighted by atomic mass is 28.4. The van der Waals surface area contributed by atoms with Gasteiger partial charge in [-0.05, 0) is 57.0 Å². The van der Waals surface area contributed by atoms with Gasteiger partial charge in [-0.1, -0.05) is 101 Å². The Morgan fingerprint density at radius 3 is 1.70 bits per heavy atom. The molecule has 1 aliphatic heterocycles. The molecule has 0 radical (unpaired) electrons. The molecule has 0 bridgehead atoms. The van der Waals surface area contributed by atoms with Gasteiger partial charge in [-0.3, -0.25) is 4.79 Å². The van der Waals surface area contributed by atoms with Crippen LogP contribution >= 0.6 is 0 Å². The van der Waals surface area contributed by atoms with Crippen molar-refractivity contribution < 1.29 is 33.0 Å². The summed E-state index contributed by atoms with van der Waals surface area (Å²) < 4.78 is 31.9. The van der Waals surface area contributed by atoms with Crippen LogP contribution in [-0.4, -0.2) is 41.6 Å². The van der Waals surface area contributed by atoms with Crippen molar-refractivity contribution in [2.75, 3.05) is 13.9 Å². The molecule has 2 atom stereocenters. The summed E-state index contributed by atoms with van der Waals surface area (Å²) in [5.41, 5.74) is 3.51. The van der Waals surface area contributed by atoms with Gasteiger partial charge in [0.05, 0.1) is 0 Å². The van der Waals surface area contributed by atoms with Crippen molar-refractivity contribution >= 4 is 22.6 Å². The lowest BCUT2D eigenvalue weighted by Crippen LogP contribution is -2.52. The van der Waals surface area contributed by atoms with Crippen molar-refractivity contribution in [1.82, 2.24) is 0 Å². The SMILES string of the molecule is COCOc1cccc2c1O[C@H](c1ccc(O[Si](C(C)C)(C(C)C)C(C)C)c(O[Si](C(C)C)(C(C)C)C(C)C)c1)[C@@H]2C(=O)O. The topological polar surface area (TPSA) is 83.5 Å². The summed E-state index contributed by atoms with van der Waals surface area (Å²) in [6.07, 6.45) is -0.762. The fourth-order valence-corrected chi connectivity index (χ4v) is 18.5. The van der Waals surface area contributed by atoms with Crippen LogP contribution in [0.5, 0.6) is 23.0 Å². The van der Waals surface area contributed by atoms with E-state index in [1.807, 2.05) is 18.2 Å². The lowest BCUT2D eigenvalue weighted by atomic mass is 9.91. The summed E-state index contributed by atoms with van der Waals surface area (Å²) in [5, 5.41) is 10.4. The summed E-state index contributed by atoms with van der Waals surface area (Å²) in [7, 11) is -3.18. The zero-order valence-electron chi connectivity index (χ0n) is 29.2. The Kier molecular flexibility index (Phi) is 11.7. The van der Waals surface area contributed by atoms with E-state index in [9.17, 15) is 9.90 Å². The zero-order valence-corrected chi connectivity index (χ0v) is 31.2. The number of carboxylic acids is 1. The van der Waals surface area contributed by atoms with Crippen molar-refractivity contribution in [3.63, 3.8) is 0 Å². The van der Waals surface area contributed by atoms with Crippen LogP contribution in [0.3, 0.4) is 0 Å². The van der Waals surface area contributed by atoms with E-state index in [-0.39, 0.29) is 6.79 Å². The summed E-state index contributed by atoms with van der Waals surface area (Å²) in [6.45, 7) is 27.3. The molecule has 0 amide bonds. The lowest BCUT2D eigenvalue weighted by molar-refractivity contribution is -0.140. The molecule has 1 heterocycles. The normalized spacial score (nSPS) is 17.2. The second-order valence-electron chi connectivity index (χ2n) is 14.1. The largest absolute Gasteiger partial charge is 0.540 e. The third kappa shape index (κ3) is 6.56. The van der Waals surface area contributed by atoms with Crippen molar-refractivity contribution in [3.05, 3.63) is 47.5 Å². The first-order chi connectivity index (χ1) is 20.6. The maximum absolute atomic E-state index is 12.7. The van der Waals surface area contributed by atoms with Crippen LogP contribution in [0.1, 0.15) is 106 Å². The van der Waals surface area contributed by atoms with E-state index in [1.165, 1.54) is 0 Å². The first-order valence-electron chi connectivity index (χ1n) is 16.2. The van der Waals surface area contributed by atoms with Gasteiger partial charge in [0.25, 0.3) is 16.6 Å². The van der Waals surface area contributed by atoms with Crippen molar-refractivity contribution in [2.24, 2.45) is 0 Å². The highest BCUT2D eigenvalue weighted by Gasteiger charge is 2.50. The molecule has 246 valence electrons. The highest BCUT2D eigenvalue weighted by Crippen LogP contribution is 2.53. The molecule has 44 heavy (non-hydrogen) atoms. The number of methoxy groups -OCH3 is 1. The van der Waals surface area contributed by atoms with Gasteiger partial charge < -0.3 is 28.2 Å². The molecule has 7 nitrogen and oxygen atoms in total. The maximum atomic E-state index is 12.7. The molecule has 0 fully saturated rings. The van der Waals surface area contributed by atoms with E-state index in [2.05, 4.69) is 83.1 Å². The molecule has 1 N–H and O–H groups in total. The van der Waals surface area contributed by atoms with E-state index in [0.717, 1.165) is 11.3 Å². The minimum atomic E-state index is -2.40. The molecular formula is C35H56O7Si2. The molecule has 0 unspecified atom stereocenters. The molecule has 2 aromatic rings.